The number of benzene rings is 1. The monoisotopic (exact) mass is 365 g/mol. The molecule has 2 aromatic rings. The van der Waals surface area contributed by atoms with E-state index in [1.54, 1.807) is 13.1 Å². The van der Waals surface area contributed by atoms with Crippen LogP contribution < -0.4 is 5.32 Å². The summed E-state index contributed by atoms with van der Waals surface area (Å²) < 4.78 is 0.797. The van der Waals surface area contributed by atoms with Gasteiger partial charge in [0.2, 0.25) is 5.95 Å². The van der Waals surface area contributed by atoms with Gasteiger partial charge in [0.1, 0.15) is 10.8 Å². The number of halogens is 1. The van der Waals surface area contributed by atoms with Crippen molar-refractivity contribution in [1.82, 2.24) is 9.97 Å². The minimum atomic E-state index is -0.0826. The second-order valence-electron chi connectivity index (χ2n) is 4.46. The Bertz CT molecular complexity index is 622. The molecular weight excluding hydrogens is 350 g/mol. The van der Waals surface area contributed by atoms with Gasteiger partial charge in [-0.05, 0) is 41.4 Å². The van der Waals surface area contributed by atoms with E-state index in [2.05, 4.69) is 31.2 Å². The van der Waals surface area contributed by atoms with Gasteiger partial charge in [-0.15, -0.1) is 0 Å². The summed E-state index contributed by atoms with van der Waals surface area (Å²) in [5, 5.41) is 3.84. The van der Waals surface area contributed by atoms with Crippen LogP contribution in [0.15, 0.2) is 46.0 Å². The maximum absolute atomic E-state index is 11.6. The van der Waals surface area contributed by atoms with Crippen molar-refractivity contribution in [3.05, 3.63) is 41.0 Å². The van der Waals surface area contributed by atoms with Crippen LogP contribution in [-0.2, 0) is 4.79 Å². The molecule has 2 rings (SSSR count). The summed E-state index contributed by atoms with van der Waals surface area (Å²) >= 11 is 4.90. The summed E-state index contributed by atoms with van der Waals surface area (Å²) in [6.07, 6.45) is 2.48. The Morgan fingerprint density at radius 1 is 1.38 bits per heavy atom. The Balaban J connectivity index is 2.19. The number of nitrogens with zero attached hydrogens (tertiary/aromatic N) is 2. The van der Waals surface area contributed by atoms with Gasteiger partial charge >= 0.3 is 0 Å². The molecule has 0 aliphatic rings. The molecule has 1 unspecified atom stereocenters. The van der Waals surface area contributed by atoms with E-state index in [1.165, 1.54) is 11.8 Å². The van der Waals surface area contributed by atoms with Gasteiger partial charge in [-0.25, -0.2) is 9.97 Å². The van der Waals surface area contributed by atoms with Gasteiger partial charge in [0.05, 0.1) is 9.72 Å². The van der Waals surface area contributed by atoms with E-state index in [9.17, 15) is 4.79 Å². The van der Waals surface area contributed by atoms with Crippen LogP contribution >= 0.6 is 27.7 Å². The molecule has 21 heavy (non-hydrogen) atoms. The lowest BCUT2D eigenvalue weighted by atomic mass is 10.2. The summed E-state index contributed by atoms with van der Waals surface area (Å²) in [5.41, 5.74) is 0.925. The quantitative estimate of drug-likeness (QED) is 0.605. The highest BCUT2D eigenvalue weighted by Gasteiger charge is 2.17. The summed E-state index contributed by atoms with van der Waals surface area (Å²) in [5.74, 6) is 0.677. The second-order valence-corrected chi connectivity index (χ2v) is 6.51. The van der Waals surface area contributed by atoms with Gasteiger partial charge in [-0.2, -0.15) is 0 Å². The molecule has 1 heterocycles. The number of para-hydroxylation sites is 1. The maximum Gasteiger partial charge on any atom is 0.228 e. The van der Waals surface area contributed by atoms with Crippen molar-refractivity contribution >= 4 is 45.1 Å². The number of thioether (sulfide) groups is 1. The fourth-order valence-corrected chi connectivity index (χ4v) is 3.11. The molecule has 0 amide bonds. The molecule has 0 fully saturated rings. The van der Waals surface area contributed by atoms with Crippen LogP contribution in [0.25, 0.3) is 0 Å². The first-order valence-electron chi connectivity index (χ1n) is 6.62. The van der Waals surface area contributed by atoms with E-state index in [4.69, 9.17) is 0 Å². The van der Waals surface area contributed by atoms with Crippen LogP contribution in [0.4, 0.5) is 11.6 Å². The smallest absolute Gasteiger partial charge is 0.228 e. The van der Waals surface area contributed by atoms with Crippen molar-refractivity contribution in [3.8, 4) is 0 Å². The Morgan fingerprint density at radius 3 is 2.71 bits per heavy atom. The van der Waals surface area contributed by atoms with Crippen molar-refractivity contribution in [2.45, 2.75) is 30.5 Å². The predicted octanol–water partition coefficient (Wildman–Crippen LogP) is 4.44. The normalized spacial score (nSPS) is 12.0. The number of ketones is 1. The molecule has 1 aromatic heterocycles. The first-order chi connectivity index (χ1) is 10.1. The third kappa shape index (κ3) is 4.54. The molecule has 1 N–H and O–H groups in total. The second kappa shape index (κ2) is 7.56. The molecule has 0 saturated carbocycles. The number of carbonyl (C=O) groups is 1. The molecule has 6 heteroatoms. The molecule has 0 bridgehead atoms. The predicted molar refractivity (Wildman–Crippen MR) is 90.1 cm³/mol. The van der Waals surface area contributed by atoms with Gasteiger partial charge < -0.3 is 5.32 Å². The molecule has 0 radical (unpaired) electrons. The van der Waals surface area contributed by atoms with Crippen LogP contribution in [-0.4, -0.2) is 21.0 Å². The molecule has 0 saturated heterocycles. The minimum Gasteiger partial charge on any atom is -0.324 e. The lowest BCUT2D eigenvalue weighted by Gasteiger charge is -2.12. The zero-order valence-corrected chi connectivity index (χ0v) is 14.2. The first kappa shape index (κ1) is 16.0. The first-order valence-corrected chi connectivity index (χ1v) is 8.29. The average molecular weight is 366 g/mol. The molecule has 4 nitrogen and oxygen atoms in total. The van der Waals surface area contributed by atoms with Crippen LogP contribution in [0.5, 0.6) is 0 Å². The van der Waals surface area contributed by atoms with Crippen LogP contribution in [0.1, 0.15) is 20.3 Å². The Labute approximate surface area is 136 Å². The number of rotatable bonds is 6. The van der Waals surface area contributed by atoms with E-state index in [1.807, 2.05) is 37.3 Å². The standard InChI is InChI=1S/C15H16BrN3OS/c1-3-13(10(2)20)21-14-12(16)9-17-15(19-14)18-11-7-5-4-6-8-11/h4-9,13H,3H2,1-2H3,(H,17,18,19). The molecule has 0 aliphatic heterocycles. The van der Waals surface area contributed by atoms with E-state index >= 15 is 0 Å². The lowest BCUT2D eigenvalue weighted by Crippen LogP contribution is -2.12. The maximum atomic E-state index is 11.6. The number of Topliss-reactive ketones (excluding diaryl/α,β-unsaturated/α-hetero) is 1. The third-order valence-electron chi connectivity index (χ3n) is 2.82. The van der Waals surface area contributed by atoms with Crippen molar-refractivity contribution in [3.63, 3.8) is 0 Å². The number of nitrogens with one attached hydrogen (secondary N) is 1. The highest BCUT2D eigenvalue weighted by atomic mass is 79.9. The number of aromatic nitrogens is 2. The summed E-state index contributed by atoms with van der Waals surface area (Å²) in [6, 6.07) is 9.73. The molecule has 0 aliphatic carbocycles. The zero-order valence-electron chi connectivity index (χ0n) is 11.8. The lowest BCUT2D eigenvalue weighted by molar-refractivity contribution is -0.116. The zero-order chi connectivity index (χ0) is 15.2. The van der Waals surface area contributed by atoms with Gasteiger partial charge in [0.15, 0.2) is 0 Å². The molecule has 0 spiro atoms. The average Bonchev–Trinajstić information content (AvgIpc) is 2.48. The highest BCUT2D eigenvalue weighted by Crippen LogP contribution is 2.31. The van der Waals surface area contributed by atoms with Crippen LogP contribution in [0.2, 0.25) is 0 Å². The van der Waals surface area contributed by atoms with Crippen molar-refractivity contribution in [2.75, 3.05) is 5.32 Å². The van der Waals surface area contributed by atoms with E-state index < -0.39 is 0 Å². The number of carbonyl (C=O) groups excluding carboxylic acids is 1. The van der Waals surface area contributed by atoms with Crippen LogP contribution in [0, 0.1) is 0 Å². The molecule has 110 valence electrons. The largest absolute Gasteiger partial charge is 0.324 e. The summed E-state index contributed by atoms with van der Waals surface area (Å²) in [4.78, 5) is 20.3. The molecule has 1 aromatic carbocycles. The van der Waals surface area contributed by atoms with E-state index in [0.29, 0.717) is 5.95 Å². The number of hydrogen-bond donors (Lipinski definition) is 1. The Kier molecular flexibility index (Phi) is 5.76. The highest BCUT2D eigenvalue weighted by molar-refractivity contribution is 9.10. The number of hydrogen-bond acceptors (Lipinski definition) is 5. The minimum absolute atomic E-state index is 0.0826. The summed E-state index contributed by atoms with van der Waals surface area (Å²) in [6.45, 7) is 3.61. The molecule has 1 atom stereocenters. The number of anilines is 2. The van der Waals surface area contributed by atoms with Gasteiger partial charge in [-0.3, -0.25) is 4.79 Å². The SMILES string of the molecule is CCC(Sc1nc(Nc2ccccc2)ncc1Br)C(C)=O. The fourth-order valence-electron chi connectivity index (χ4n) is 1.73. The van der Waals surface area contributed by atoms with E-state index in [-0.39, 0.29) is 11.0 Å². The van der Waals surface area contributed by atoms with Crippen LogP contribution in [0.3, 0.4) is 0 Å². The Morgan fingerprint density at radius 2 is 2.10 bits per heavy atom. The molecular formula is C15H16BrN3OS. The summed E-state index contributed by atoms with van der Waals surface area (Å²) in [7, 11) is 0. The van der Waals surface area contributed by atoms with Crippen molar-refractivity contribution in [1.29, 1.82) is 0 Å². The van der Waals surface area contributed by atoms with Gasteiger partial charge in [-0.1, -0.05) is 36.9 Å². The third-order valence-corrected chi connectivity index (χ3v) is 5.15. The van der Waals surface area contributed by atoms with E-state index in [0.717, 1.165) is 21.6 Å². The van der Waals surface area contributed by atoms with Crippen molar-refractivity contribution < 1.29 is 4.79 Å². The van der Waals surface area contributed by atoms with Gasteiger partial charge in [0.25, 0.3) is 0 Å². The van der Waals surface area contributed by atoms with Crippen molar-refractivity contribution in [2.24, 2.45) is 0 Å². The topological polar surface area (TPSA) is 54.9 Å². The van der Waals surface area contributed by atoms with Gasteiger partial charge in [0, 0.05) is 11.9 Å². The fraction of sp³-hybridized carbons (Fsp3) is 0.267. The Hall–Kier alpha value is -1.40.